The van der Waals surface area contributed by atoms with Crippen molar-refractivity contribution in [3.05, 3.63) is 76.3 Å². The second-order valence-corrected chi connectivity index (χ2v) is 6.98. The molecule has 0 aliphatic carbocycles. The van der Waals surface area contributed by atoms with Gasteiger partial charge in [-0.2, -0.15) is 5.10 Å². The van der Waals surface area contributed by atoms with Crippen LogP contribution >= 0.6 is 11.6 Å². The van der Waals surface area contributed by atoms with Crippen molar-refractivity contribution < 1.29 is 5.11 Å². The Kier molecular flexibility index (Phi) is 4.91. The summed E-state index contributed by atoms with van der Waals surface area (Å²) < 4.78 is 2.03. The summed E-state index contributed by atoms with van der Waals surface area (Å²) >= 11 is 6.21. The van der Waals surface area contributed by atoms with Gasteiger partial charge in [0.2, 0.25) is 0 Å². The van der Waals surface area contributed by atoms with Crippen molar-refractivity contribution in [3.63, 3.8) is 0 Å². The van der Waals surface area contributed by atoms with Crippen molar-refractivity contribution in [2.45, 2.75) is 25.9 Å². The van der Waals surface area contributed by atoms with Gasteiger partial charge < -0.3 is 5.11 Å². The van der Waals surface area contributed by atoms with Crippen LogP contribution in [0.4, 0.5) is 0 Å². The van der Waals surface area contributed by atoms with Crippen molar-refractivity contribution in [2.75, 3.05) is 13.1 Å². The van der Waals surface area contributed by atoms with Crippen molar-refractivity contribution in [1.82, 2.24) is 19.7 Å². The number of halogens is 1. The molecule has 0 bridgehead atoms. The van der Waals surface area contributed by atoms with Gasteiger partial charge >= 0.3 is 0 Å². The number of nitrogens with zero attached hydrogens (tertiary/aromatic N) is 4. The van der Waals surface area contributed by atoms with E-state index in [2.05, 4.69) is 17.0 Å². The number of benzene rings is 2. The minimum Gasteiger partial charge on any atom is -0.506 e. The molecule has 134 valence electrons. The second kappa shape index (κ2) is 7.48. The summed E-state index contributed by atoms with van der Waals surface area (Å²) in [4.78, 5) is 7.07. The molecule has 26 heavy (non-hydrogen) atoms. The maximum absolute atomic E-state index is 9.77. The van der Waals surface area contributed by atoms with Gasteiger partial charge in [0.25, 0.3) is 0 Å². The lowest BCUT2D eigenvalue weighted by Gasteiger charge is -2.20. The van der Waals surface area contributed by atoms with Gasteiger partial charge in [-0.1, -0.05) is 54.1 Å². The fourth-order valence-corrected chi connectivity index (χ4v) is 3.52. The zero-order valence-electron chi connectivity index (χ0n) is 14.5. The first-order valence-corrected chi connectivity index (χ1v) is 9.22. The van der Waals surface area contributed by atoms with Crippen molar-refractivity contribution in [2.24, 2.45) is 0 Å². The Labute approximate surface area is 157 Å². The molecule has 0 saturated heterocycles. The monoisotopic (exact) mass is 368 g/mol. The third-order valence-corrected chi connectivity index (χ3v) is 5.17. The van der Waals surface area contributed by atoms with Crippen LogP contribution in [0.3, 0.4) is 0 Å². The molecule has 1 aliphatic heterocycles. The minimum atomic E-state index is 0.138. The second-order valence-electron chi connectivity index (χ2n) is 6.61. The molecule has 4 rings (SSSR count). The average molecular weight is 369 g/mol. The smallest absolute Gasteiger partial charge is 0.155 e. The summed E-state index contributed by atoms with van der Waals surface area (Å²) in [5.74, 6) is 2.07. The van der Waals surface area contributed by atoms with Crippen molar-refractivity contribution in [1.29, 1.82) is 0 Å². The Morgan fingerprint density at radius 1 is 1.00 bits per heavy atom. The van der Waals surface area contributed by atoms with Crippen LogP contribution in [0.15, 0.2) is 48.5 Å². The number of phenolic OH excluding ortho intramolecular Hbond substituents is 1. The Morgan fingerprint density at radius 2 is 1.85 bits per heavy atom. The zero-order chi connectivity index (χ0) is 17.9. The molecule has 2 heterocycles. The molecule has 1 aromatic heterocycles. The fraction of sp³-hybridized carbons (Fsp3) is 0.300. The number of rotatable bonds is 4. The van der Waals surface area contributed by atoms with Crippen LogP contribution in [0.2, 0.25) is 5.02 Å². The van der Waals surface area contributed by atoms with Crippen LogP contribution in [-0.4, -0.2) is 37.9 Å². The van der Waals surface area contributed by atoms with Crippen LogP contribution in [0.25, 0.3) is 0 Å². The molecule has 0 spiro atoms. The summed E-state index contributed by atoms with van der Waals surface area (Å²) in [6, 6.07) is 15.7. The summed E-state index contributed by atoms with van der Waals surface area (Å²) in [7, 11) is 0. The van der Waals surface area contributed by atoms with Gasteiger partial charge in [0, 0.05) is 32.5 Å². The lowest BCUT2D eigenvalue weighted by molar-refractivity contribution is 0.268. The first-order chi connectivity index (χ1) is 12.7. The van der Waals surface area contributed by atoms with Crippen LogP contribution in [-0.2, 0) is 25.9 Å². The molecule has 2 aromatic carbocycles. The van der Waals surface area contributed by atoms with E-state index in [0.29, 0.717) is 5.02 Å². The third-order valence-electron chi connectivity index (χ3n) is 4.73. The molecule has 0 unspecified atom stereocenters. The normalized spacial score (nSPS) is 14.8. The fourth-order valence-electron chi connectivity index (χ4n) is 3.34. The highest BCUT2D eigenvalue weighted by molar-refractivity contribution is 6.32. The summed E-state index contributed by atoms with van der Waals surface area (Å²) in [5, 5.41) is 14.9. The number of aromatic nitrogens is 3. The zero-order valence-corrected chi connectivity index (χ0v) is 15.2. The van der Waals surface area contributed by atoms with E-state index in [1.807, 2.05) is 35.0 Å². The molecule has 0 atom stereocenters. The van der Waals surface area contributed by atoms with Crippen LogP contribution in [0, 0.1) is 0 Å². The maximum atomic E-state index is 9.77. The molecule has 0 radical (unpaired) electrons. The molecule has 0 saturated carbocycles. The lowest BCUT2D eigenvalue weighted by Crippen LogP contribution is -2.26. The number of aromatic hydroxyl groups is 1. The molecule has 0 amide bonds. The quantitative estimate of drug-likeness (QED) is 0.767. The predicted molar refractivity (Wildman–Crippen MR) is 101 cm³/mol. The Morgan fingerprint density at radius 3 is 2.69 bits per heavy atom. The molecule has 5 nitrogen and oxygen atoms in total. The molecule has 3 aromatic rings. The average Bonchev–Trinajstić information content (AvgIpc) is 2.94. The van der Waals surface area contributed by atoms with Gasteiger partial charge in [0.15, 0.2) is 5.82 Å². The van der Waals surface area contributed by atoms with Crippen LogP contribution in [0.1, 0.15) is 22.8 Å². The van der Waals surface area contributed by atoms with Gasteiger partial charge in [0.05, 0.1) is 11.6 Å². The topological polar surface area (TPSA) is 54.2 Å². The van der Waals surface area contributed by atoms with E-state index in [1.54, 1.807) is 6.07 Å². The van der Waals surface area contributed by atoms with E-state index < -0.39 is 0 Å². The molecular formula is C20H21ClN4O. The van der Waals surface area contributed by atoms with E-state index in [1.165, 1.54) is 5.56 Å². The molecule has 0 fully saturated rings. The summed E-state index contributed by atoms with van der Waals surface area (Å²) in [5.41, 5.74) is 2.18. The van der Waals surface area contributed by atoms with Gasteiger partial charge in [-0.15, -0.1) is 0 Å². The first-order valence-electron chi connectivity index (χ1n) is 8.84. The van der Waals surface area contributed by atoms with E-state index in [-0.39, 0.29) is 5.75 Å². The standard InChI is InChI=1S/C20H21ClN4O/c21-20-16(7-4-8-17(20)26)14-24-10-9-19-22-18(23-25(19)12-11-24)13-15-5-2-1-3-6-15/h1-8,26H,9-14H2. The maximum Gasteiger partial charge on any atom is 0.155 e. The minimum absolute atomic E-state index is 0.138. The van der Waals surface area contributed by atoms with Gasteiger partial charge in [-0.05, 0) is 17.2 Å². The SMILES string of the molecule is Oc1cccc(CN2CCc3nc(Cc4ccccc4)nn3CC2)c1Cl. The molecule has 1 N–H and O–H groups in total. The number of hydrogen-bond donors (Lipinski definition) is 1. The van der Waals surface area contributed by atoms with Crippen molar-refractivity contribution in [3.8, 4) is 5.75 Å². The van der Waals surface area contributed by atoms with Crippen LogP contribution in [0.5, 0.6) is 5.75 Å². The van der Waals surface area contributed by atoms with E-state index in [9.17, 15) is 5.11 Å². The van der Waals surface area contributed by atoms with Crippen LogP contribution < -0.4 is 0 Å². The Bertz CT molecular complexity index is 869. The Balaban J connectivity index is 1.42. The molecule has 1 aliphatic rings. The highest BCUT2D eigenvalue weighted by Crippen LogP contribution is 2.27. The van der Waals surface area contributed by atoms with Crippen molar-refractivity contribution >= 4 is 11.6 Å². The highest BCUT2D eigenvalue weighted by atomic mass is 35.5. The van der Waals surface area contributed by atoms with E-state index in [0.717, 1.165) is 56.2 Å². The van der Waals surface area contributed by atoms with E-state index in [4.69, 9.17) is 21.7 Å². The van der Waals surface area contributed by atoms with Gasteiger partial charge in [0.1, 0.15) is 11.6 Å². The number of fused-ring (bicyclic) bond motifs is 1. The van der Waals surface area contributed by atoms with Gasteiger partial charge in [-0.3, -0.25) is 4.90 Å². The summed E-state index contributed by atoms with van der Waals surface area (Å²) in [6.07, 6.45) is 1.63. The highest BCUT2D eigenvalue weighted by Gasteiger charge is 2.18. The third kappa shape index (κ3) is 3.74. The number of hydrogen-bond acceptors (Lipinski definition) is 4. The molecule has 6 heteroatoms. The Hall–Kier alpha value is -2.37. The largest absolute Gasteiger partial charge is 0.506 e. The lowest BCUT2D eigenvalue weighted by atomic mass is 10.1. The predicted octanol–water partition coefficient (Wildman–Crippen LogP) is 3.29. The van der Waals surface area contributed by atoms with Gasteiger partial charge in [-0.25, -0.2) is 9.67 Å². The molecular weight excluding hydrogens is 348 g/mol. The first kappa shape index (κ1) is 17.1. The number of phenols is 1. The van der Waals surface area contributed by atoms with E-state index >= 15 is 0 Å². The summed E-state index contributed by atoms with van der Waals surface area (Å²) in [6.45, 7) is 3.31.